The molecule has 0 heterocycles. The number of nitrogens with one attached hydrogen (secondary N) is 1. The number of hydrogen-bond donors (Lipinski definition) is 3. The van der Waals surface area contributed by atoms with Crippen LogP contribution in [0.3, 0.4) is 0 Å². The van der Waals surface area contributed by atoms with Gasteiger partial charge in [0, 0.05) is 6.54 Å². The van der Waals surface area contributed by atoms with Crippen molar-refractivity contribution in [3.8, 4) is 0 Å². The van der Waals surface area contributed by atoms with E-state index in [1.807, 2.05) is 0 Å². The predicted molar refractivity (Wildman–Crippen MR) is 78.2 cm³/mol. The second-order valence-corrected chi connectivity index (χ2v) is 6.46. The van der Waals surface area contributed by atoms with Crippen molar-refractivity contribution < 1.29 is 14.7 Å². The molecule has 1 aliphatic rings. The molecule has 0 spiro atoms. The molecule has 1 aliphatic carbocycles. The number of carboxylic acid groups (broad SMARTS) is 1. The Bertz CT molecular complexity index is 336. The SMILES string of the molecule is CC(C)CC(CN)C(=O)NC1(CC(=O)O)CCCCC1. The first kappa shape index (κ1) is 17.0. The Balaban J connectivity index is 2.72. The van der Waals surface area contributed by atoms with E-state index < -0.39 is 11.5 Å². The Labute approximate surface area is 121 Å². The highest BCUT2D eigenvalue weighted by atomic mass is 16.4. The first-order valence-electron chi connectivity index (χ1n) is 7.62. The Morgan fingerprint density at radius 2 is 1.85 bits per heavy atom. The van der Waals surface area contributed by atoms with Gasteiger partial charge in [-0.1, -0.05) is 33.1 Å². The van der Waals surface area contributed by atoms with Gasteiger partial charge in [0.25, 0.3) is 0 Å². The summed E-state index contributed by atoms with van der Waals surface area (Å²) in [6, 6.07) is 0. The molecule has 0 aromatic rings. The smallest absolute Gasteiger partial charge is 0.305 e. The van der Waals surface area contributed by atoms with E-state index in [0.29, 0.717) is 12.5 Å². The highest BCUT2D eigenvalue weighted by Gasteiger charge is 2.37. The molecular formula is C15H28N2O3. The molecule has 4 N–H and O–H groups in total. The quantitative estimate of drug-likeness (QED) is 0.665. The first-order valence-corrected chi connectivity index (χ1v) is 7.62. The lowest BCUT2D eigenvalue weighted by Gasteiger charge is -2.38. The van der Waals surface area contributed by atoms with Crippen LogP contribution in [-0.2, 0) is 9.59 Å². The van der Waals surface area contributed by atoms with Crippen LogP contribution in [0.1, 0.15) is 58.8 Å². The summed E-state index contributed by atoms with van der Waals surface area (Å²) in [5.74, 6) is -0.747. The zero-order valence-electron chi connectivity index (χ0n) is 12.7. The number of carboxylic acids is 1. The van der Waals surface area contributed by atoms with Crippen LogP contribution in [-0.4, -0.2) is 29.1 Å². The summed E-state index contributed by atoms with van der Waals surface area (Å²) in [7, 11) is 0. The normalized spacial score (nSPS) is 19.6. The van der Waals surface area contributed by atoms with Gasteiger partial charge in [-0.25, -0.2) is 0 Å². The highest BCUT2D eigenvalue weighted by Crippen LogP contribution is 2.31. The van der Waals surface area contributed by atoms with Gasteiger partial charge in [-0.15, -0.1) is 0 Å². The van der Waals surface area contributed by atoms with Crippen LogP contribution >= 0.6 is 0 Å². The molecule has 116 valence electrons. The average Bonchev–Trinajstić information content (AvgIpc) is 2.35. The molecule has 1 amide bonds. The zero-order chi connectivity index (χ0) is 15.2. The molecule has 5 heteroatoms. The number of carbonyl (C=O) groups is 2. The molecule has 1 fully saturated rings. The van der Waals surface area contributed by atoms with Crippen LogP contribution in [0.15, 0.2) is 0 Å². The zero-order valence-corrected chi connectivity index (χ0v) is 12.7. The minimum absolute atomic E-state index is 0.0116. The monoisotopic (exact) mass is 284 g/mol. The van der Waals surface area contributed by atoms with Crippen molar-refractivity contribution in [2.24, 2.45) is 17.6 Å². The maximum atomic E-state index is 12.4. The number of nitrogens with two attached hydrogens (primary N) is 1. The largest absolute Gasteiger partial charge is 0.481 e. The van der Waals surface area contributed by atoms with E-state index >= 15 is 0 Å². The molecule has 1 atom stereocenters. The third kappa shape index (κ3) is 5.12. The molecule has 0 aliphatic heterocycles. The lowest BCUT2D eigenvalue weighted by molar-refractivity contribution is -0.140. The molecule has 1 saturated carbocycles. The van der Waals surface area contributed by atoms with Gasteiger partial charge in [0.05, 0.1) is 17.9 Å². The molecule has 0 aromatic heterocycles. The van der Waals surface area contributed by atoms with Gasteiger partial charge in [0.1, 0.15) is 0 Å². The van der Waals surface area contributed by atoms with Gasteiger partial charge in [-0.3, -0.25) is 9.59 Å². The van der Waals surface area contributed by atoms with Crippen molar-refractivity contribution >= 4 is 11.9 Å². The molecule has 0 aromatic carbocycles. The molecular weight excluding hydrogens is 256 g/mol. The Morgan fingerprint density at radius 1 is 1.25 bits per heavy atom. The minimum Gasteiger partial charge on any atom is -0.481 e. The van der Waals surface area contributed by atoms with Gasteiger partial charge in [0.15, 0.2) is 0 Å². The second kappa shape index (κ2) is 7.62. The summed E-state index contributed by atoms with van der Waals surface area (Å²) in [5, 5.41) is 12.1. The van der Waals surface area contributed by atoms with Gasteiger partial charge < -0.3 is 16.2 Å². The Hall–Kier alpha value is -1.10. The minimum atomic E-state index is -0.847. The van der Waals surface area contributed by atoms with Crippen molar-refractivity contribution in [2.45, 2.75) is 64.3 Å². The predicted octanol–water partition coefficient (Wildman–Crippen LogP) is 1.90. The fourth-order valence-corrected chi connectivity index (χ4v) is 3.11. The molecule has 0 saturated heterocycles. The molecule has 1 rings (SSSR count). The van der Waals surface area contributed by atoms with Gasteiger partial charge in [-0.2, -0.15) is 0 Å². The van der Waals surface area contributed by atoms with E-state index in [1.165, 1.54) is 0 Å². The Morgan fingerprint density at radius 3 is 2.30 bits per heavy atom. The van der Waals surface area contributed by atoms with Crippen molar-refractivity contribution in [1.29, 1.82) is 0 Å². The summed E-state index contributed by atoms with van der Waals surface area (Å²) < 4.78 is 0. The van der Waals surface area contributed by atoms with E-state index in [4.69, 9.17) is 10.8 Å². The summed E-state index contributed by atoms with van der Waals surface area (Å²) >= 11 is 0. The van der Waals surface area contributed by atoms with Gasteiger partial charge >= 0.3 is 5.97 Å². The average molecular weight is 284 g/mol. The number of aliphatic carboxylic acids is 1. The highest BCUT2D eigenvalue weighted by molar-refractivity contribution is 5.80. The lowest BCUT2D eigenvalue weighted by Crippen LogP contribution is -2.53. The van der Waals surface area contributed by atoms with Gasteiger partial charge in [-0.05, 0) is 25.2 Å². The van der Waals surface area contributed by atoms with E-state index in [1.54, 1.807) is 0 Å². The Kier molecular flexibility index (Phi) is 6.46. The molecule has 5 nitrogen and oxygen atoms in total. The number of amides is 1. The fourth-order valence-electron chi connectivity index (χ4n) is 3.11. The number of carbonyl (C=O) groups excluding carboxylic acids is 1. The summed E-state index contributed by atoms with van der Waals surface area (Å²) in [6.07, 6.45) is 5.33. The van der Waals surface area contributed by atoms with Crippen molar-refractivity contribution in [3.63, 3.8) is 0 Å². The van der Waals surface area contributed by atoms with E-state index in [9.17, 15) is 9.59 Å². The van der Waals surface area contributed by atoms with Crippen LogP contribution in [0.4, 0.5) is 0 Å². The number of rotatable bonds is 7. The summed E-state index contributed by atoms with van der Waals surface area (Å²) in [5.41, 5.74) is 5.13. The van der Waals surface area contributed by atoms with Crippen molar-refractivity contribution in [3.05, 3.63) is 0 Å². The standard InChI is InChI=1S/C15H28N2O3/c1-11(2)8-12(10-16)14(20)17-15(9-13(18)19)6-4-3-5-7-15/h11-12H,3-10,16H2,1-2H3,(H,17,20)(H,18,19). The van der Waals surface area contributed by atoms with Crippen LogP contribution in [0, 0.1) is 11.8 Å². The van der Waals surface area contributed by atoms with E-state index in [-0.39, 0.29) is 18.2 Å². The van der Waals surface area contributed by atoms with E-state index in [0.717, 1.165) is 38.5 Å². The van der Waals surface area contributed by atoms with Gasteiger partial charge in [0.2, 0.25) is 5.91 Å². The topological polar surface area (TPSA) is 92.4 Å². The van der Waals surface area contributed by atoms with Crippen LogP contribution in [0.2, 0.25) is 0 Å². The summed E-state index contributed by atoms with van der Waals surface area (Å²) in [6.45, 7) is 4.43. The van der Waals surface area contributed by atoms with Crippen molar-refractivity contribution in [2.75, 3.05) is 6.54 Å². The van der Waals surface area contributed by atoms with Crippen molar-refractivity contribution in [1.82, 2.24) is 5.32 Å². The third-order valence-electron chi connectivity index (χ3n) is 4.10. The molecule has 0 radical (unpaired) electrons. The lowest BCUT2D eigenvalue weighted by atomic mass is 9.78. The van der Waals surface area contributed by atoms with Crippen LogP contribution in [0.25, 0.3) is 0 Å². The van der Waals surface area contributed by atoms with E-state index in [2.05, 4.69) is 19.2 Å². The first-order chi connectivity index (χ1) is 9.38. The molecule has 1 unspecified atom stereocenters. The summed E-state index contributed by atoms with van der Waals surface area (Å²) in [4.78, 5) is 23.5. The maximum Gasteiger partial charge on any atom is 0.305 e. The maximum absolute atomic E-state index is 12.4. The molecule has 0 bridgehead atoms. The van der Waals surface area contributed by atoms with Crippen LogP contribution in [0.5, 0.6) is 0 Å². The third-order valence-corrected chi connectivity index (χ3v) is 4.10. The van der Waals surface area contributed by atoms with Crippen LogP contribution < -0.4 is 11.1 Å². The fraction of sp³-hybridized carbons (Fsp3) is 0.867. The number of hydrogen-bond acceptors (Lipinski definition) is 3. The second-order valence-electron chi connectivity index (χ2n) is 6.46. The molecule has 20 heavy (non-hydrogen) atoms.